The number of carbonyl (C=O) groups excluding carboxylic acids is 2. The average Bonchev–Trinajstić information content (AvgIpc) is 3.28. The molecule has 0 spiro atoms. The van der Waals surface area contributed by atoms with E-state index >= 15 is 0 Å². The number of hydrogen-bond acceptors (Lipinski definition) is 3. The standard InChI is InChI=1S/C23H26FN3O2/c24-18-8-6-7-17(15-18)22(28)25-19-9-10-21(26-11-4-5-12-26)20(16-19)23(29)27-13-2-1-3-14-27/h6-10,15-16H,1-5,11-14H2,(H,25,28). The third-order valence-electron chi connectivity index (χ3n) is 5.66. The molecule has 0 atom stereocenters. The molecule has 0 saturated carbocycles. The molecule has 0 unspecified atom stereocenters. The molecule has 4 rings (SSSR count). The minimum absolute atomic E-state index is 0.0217. The molecule has 0 bridgehead atoms. The fraction of sp³-hybridized carbons (Fsp3) is 0.391. The van der Waals surface area contributed by atoms with E-state index in [0.717, 1.165) is 64.0 Å². The first-order valence-electron chi connectivity index (χ1n) is 10.4. The van der Waals surface area contributed by atoms with E-state index in [9.17, 15) is 14.0 Å². The Labute approximate surface area is 170 Å². The zero-order valence-corrected chi connectivity index (χ0v) is 16.5. The number of halogens is 1. The van der Waals surface area contributed by atoms with Gasteiger partial charge in [-0.05, 0) is 68.5 Å². The molecular weight excluding hydrogens is 369 g/mol. The summed E-state index contributed by atoms with van der Waals surface area (Å²) in [7, 11) is 0. The van der Waals surface area contributed by atoms with Gasteiger partial charge in [0.2, 0.25) is 0 Å². The van der Waals surface area contributed by atoms with Gasteiger partial charge in [-0.15, -0.1) is 0 Å². The van der Waals surface area contributed by atoms with Crippen molar-refractivity contribution >= 4 is 23.2 Å². The van der Waals surface area contributed by atoms with Crippen molar-refractivity contribution in [2.24, 2.45) is 0 Å². The van der Waals surface area contributed by atoms with Gasteiger partial charge in [0.15, 0.2) is 0 Å². The minimum atomic E-state index is -0.456. The summed E-state index contributed by atoms with van der Waals surface area (Å²) < 4.78 is 13.4. The van der Waals surface area contributed by atoms with E-state index in [4.69, 9.17) is 0 Å². The molecule has 2 aliphatic heterocycles. The molecule has 1 N–H and O–H groups in total. The van der Waals surface area contributed by atoms with Crippen molar-refractivity contribution in [3.63, 3.8) is 0 Å². The normalized spacial score (nSPS) is 16.7. The second kappa shape index (κ2) is 8.64. The lowest BCUT2D eigenvalue weighted by Gasteiger charge is -2.29. The lowest BCUT2D eigenvalue weighted by molar-refractivity contribution is 0.0724. The highest BCUT2D eigenvalue weighted by Gasteiger charge is 2.25. The quantitative estimate of drug-likeness (QED) is 0.840. The highest BCUT2D eigenvalue weighted by molar-refractivity contribution is 6.06. The molecule has 6 heteroatoms. The summed E-state index contributed by atoms with van der Waals surface area (Å²) in [4.78, 5) is 29.9. The van der Waals surface area contributed by atoms with E-state index in [1.807, 2.05) is 17.0 Å². The van der Waals surface area contributed by atoms with Crippen LogP contribution in [0.1, 0.15) is 52.8 Å². The molecular formula is C23H26FN3O2. The molecule has 0 aromatic heterocycles. The van der Waals surface area contributed by atoms with Crippen LogP contribution in [-0.2, 0) is 0 Å². The lowest BCUT2D eigenvalue weighted by atomic mass is 10.1. The summed E-state index contributed by atoms with van der Waals surface area (Å²) in [6, 6.07) is 11.1. The third kappa shape index (κ3) is 4.42. The predicted octanol–water partition coefficient (Wildman–Crippen LogP) is 4.30. The highest BCUT2D eigenvalue weighted by Crippen LogP contribution is 2.29. The van der Waals surface area contributed by atoms with E-state index < -0.39 is 11.7 Å². The minimum Gasteiger partial charge on any atom is -0.371 e. The number of nitrogens with one attached hydrogen (secondary N) is 1. The monoisotopic (exact) mass is 395 g/mol. The molecule has 2 amide bonds. The Kier molecular flexibility index (Phi) is 5.79. The first-order valence-corrected chi connectivity index (χ1v) is 10.4. The number of benzene rings is 2. The van der Waals surface area contributed by atoms with Gasteiger partial charge in [-0.25, -0.2) is 4.39 Å². The van der Waals surface area contributed by atoms with Crippen LogP contribution in [0.15, 0.2) is 42.5 Å². The van der Waals surface area contributed by atoms with Crippen LogP contribution in [0, 0.1) is 5.82 Å². The van der Waals surface area contributed by atoms with Gasteiger partial charge in [0, 0.05) is 43.1 Å². The van der Waals surface area contributed by atoms with Crippen molar-refractivity contribution in [1.29, 1.82) is 0 Å². The molecule has 29 heavy (non-hydrogen) atoms. The maximum Gasteiger partial charge on any atom is 0.256 e. The van der Waals surface area contributed by atoms with E-state index in [2.05, 4.69) is 10.2 Å². The van der Waals surface area contributed by atoms with Crippen molar-refractivity contribution in [1.82, 2.24) is 4.90 Å². The third-order valence-corrected chi connectivity index (χ3v) is 5.66. The molecule has 0 radical (unpaired) electrons. The maximum atomic E-state index is 13.4. The maximum absolute atomic E-state index is 13.4. The number of nitrogens with zero attached hydrogens (tertiary/aromatic N) is 2. The summed E-state index contributed by atoms with van der Waals surface area (Å²) in [5.41, 5.74) is 2.35. The van der Waals surface area contributed by atoms with Crippen molar-refractivity contribution in [3.8, 4) is 0 Å². The molecule has 2 fully saturated rings. The summed E-state index contributed by atoms with van der Waals surface area (Å²) >= 11 is 0. The lowest BCUT2D eigenvalue weighted by Crippen LogP contribution is -2.36. The molecule has 2 aliphatic rings. The fourth-order valence-electron chi connectivity index (χ4n) is 4.12. The van der Waals surface area contributed by atoms with Crippen LogP contribution in [0.3, 0.4) is 0 Å². The number of carbonyl (C=O) groups is 2. The molecule has 2 aromatic rings. The Bertz CT molecular complexity index is 903. The Morgan fingerprint density at radius 3 is 2.31 bits per heavy atom. The van der Waals surface area contributed by atoms with Gasteiger partial charge in [0.1, 0.15) is 5.82 Å². The number of amides is 2. The topological polar surface area (TPSA) is 52.7 Å². The second-order valence-corrected chi connectivity index (χ2v) is 7.74. The van der Waals surface area contributed by atoms with Crippen molar-refractivity contribution < 1.29 is 14.0 Å². The van der Waals surface area contributed by atoms with Crippen molar-refractivity contribution in [2.75, 3.05) is 36.4 Å². The number of rotatable bonds is 4. The molecule has 5 nitrogen and oxygen atoms in total. The number of anilines is 2. The number of piperidine rings is 1. The number of likely N-dealkylation sites (tertiary alicyclic amines) is 1. The Balaban J connectivity index is 1.61. The van der Waals surface area contributed by atoms with Crippen molar-refractivity contribution in [2.45, 2.75) is 32.1 Å². The predicted molar refractivity (Wildman–Crippen MR) is 112 cm³/mol. The van der Waals surface area contributed by atoms with Crippen LogP contribution < -0.4 is 10.2 Å². The van der Waals surface area contributed by atoms with Gasteiger partial charge in [-0.3, -0.25) is 9.59 Å². The van der Waals surface area contributed by atoms with E-state index in [1.54, 1.807) is 12.1 Å². The number of hydrogen-bond donors (Lipinski definition) is 1. The van der Waals surface area contributed by atoms with Crippen LogP contribution >= 0.6 is 0 Å². The van der Waals surface area contributed by atoms with Crippen LogP contribution in [0.25, 0.3) is 0 Å². The van der Waals surface area contributed by atoms with Gasteiger partial charge in [-0.1, -0.05) is 6.07 Å². The van der Waals surface area contributed by atoms with Gasteiger partial charge < -0.3 is 15.1 Å². The summed E-state index contributed by atoms with van der Waals surface area (Å²) in [5, 5.41) is 2.81. The van der Waals surface area contributed by atoms with Gasteiger partial charge in [0.05, 0.1) is 5.56 Å². The van der Waals surface area contributed by atoms with Crippen LogP contribution in [0.4, 0.5) is 15.8 Å². The zero-order valence-electron chi connectivity index (χ0n) is 16.5. The average molecular weight is 395 g/mol. The van der Waals surface area contributed by atoms with E-state index in [1.165, 1.54) is 18.2 Å². The Morgan fingerprint density at radius 1 is 0.862 bits per heavy atom. The molecule has 2 aromatic carbocycles. The second-order valence-electron chi connectivity index (χ2n) is 7.74. The van der Waals surface area contributed by atoms with E-state index in [-0.39, 0.29) is 11.5 Å². The zero-order chi connectivity index (χ0) is 20.2. The van der Waals surface area contributed by atoms with Gasteiger partial charge in [0.25, 0.3) is 11.8 Å². The van der Waals surface area contributed by atoms with Gasteiger partial charge in [-0.2, -0.15) is 0 Å². The largest absolute Gasteiger partial charge is 0.371 e. The smallest absolute Gasteiger partial charge is 0.256 e. The van der Waals surface area contributed by atoms with Crippen LogP contribution in [0.2, 0.25) is 0 Å². The van der Waals surface area contributed by atoms with Crippen molar-refractivity contribution in [3.05, 3.63) is 59.4 Å². The molecule has 152 valence electrons. The molecule has 0 aliphatic carbocycles. The first kappa shape index (κ1) is 19.4. The van der Waals surface area contributed by atoms with E-state index in [0.29, 0.717) is 11.3 Å². The Morgan fingerprint density at radius 2 is 1.59 bits per heavy atom. The SMILES string of the molecule is O=C(Nc1ccc(N2CCCC2)c(C(=O)N2CCCCC2)c1)c1cccc(F)c1. The van der Waals surface area contributed by atoms with Gasteiger partial charge >= 0.3 is 0 Å². The summed E-state index contributed by atoms with van der Waals surface area (Å²) in [5.74, 6) is -0.828. The Hall–Kier alpha value is -2.89. The van der Waals surface area contributed by atoms with Crippen LogP contribution in [0.5, 0.6) is 0 Å². The summed E-state index contributed by atoms with van der Waals surface area (Å²) in [6.45, 7) is 3.43. The molecule has 2 saturated heterocycles. The summed E-state index contributed by atoms with van der Waals surface area (Å²) in [6.07, 6.45) is 5.46. The highest BCUT2D eigenvalue weighted by atomic mass is 19.1. The van der Waals surface area contributed by atoms with Crippen LogP contribution in [-0.4, -0.2) is 42.9 Å². The fourth-order valence-corrected chi connectivity index (χ4v) is 4.12. The first-order chi connectivity index (χ1) is 14.1. The molecule has 2 heterocycles.